The zero-order valence-corrected chi connectivity index (χ0v) is 18.8. The molecule has 2 aromatic rings. The van der Waals surface area contributed by atoms with Crippen LogP contribution in [0.15, 0.2) is 48.3 Å². The molecule has 3 aliphatic heterocycles. The second-order valence-corrected chi connectivity index (χ2v) is 8.44. The van der Waals surface area contributed by atoms with E-state index in [0.717, 1.165) is 25.2 Å². The number of carbonyl (C=O) groups excluding carboxylic acids is 2. The van der Waals surface area contributed by atoms with Crippen molar-refractivity contribution in [2.75, 3.05) is 52.6 Å². The van der Waals surface area contributed by atoms with E-state index in [0.29, 0.717) is 56.5 Å². The van der Waals surface area contributed by atoms with Crippen molar-refractivity contribution in [3.8, 4) is 11.5 Å². The van der Waals surface area contributed by atoms with E-state index in [4.69, 9.17) is 14.2 Å². The summed E-state index contributed by atoms with van der Waals surface area (Å²) in [5.74, 6) is -0.455. The van der Waals surface area contributed by atoms with Crippen molar-refractivity contribution in [1.29, 1.82) is 0 Å². The minimum Gasteiger partial charge on any atom is -0.507 e. The molecule has 3 aliphatic rings. The Balaban J connectivity index is 1.46. The van der Waals surface area contributed by atoms with Gasteiger partial charge in [0.25, 0.3) is 11.7 Å². The maximum absolute atomic E-state index is 13.2. The first-order chi connectivity index (χ1) is 16.6. The number of benzene rings is 1. The standard InChI is InChI=1S/C25H27N3O6/c29-23(18-2-3-19-20(16-18)34-15-14-33-19)21-22(17-4-6-26-7-5-17)28(25(31)24(21)30)9-1-8-27-10-12-32-13-11-27/h2-7,16,22,29H,1,8-15H2/b23-21+/t22-/m1/s1. The largest absolute Gasteiger partial charge is 0.507 e. The Morgan fingerprint density at radius 3 is 2.47 bits per heavy atom. The molecule has 1 amide bonds. The van der Waals surface area contributed by atoms with Crippen LogP contribution in [-0.2, 0) is 14.3 Å². The van der Waals surface area contributed by atoms with Crippen molar-refractivity contribution < 1.29 is 28.9 Å². The van der Waals surface area contributed by atoms with Crippen molar-refractivity contribution in [3.05, 3.63) is 59.4 Å². The Kier molecular flexibility index (Phi) is 6.46. The number of hydrogen-bond acceptors (Lipinski definition) is 8. The minimum absolute atomic E-state index is 0.0688. The van der Waals surface area contributed by atoms with E-state index in [2.05, 4.69) is 9.88 Å². The number of fused-ring (bicyclic) bond motifs is 1. The highest BCUT2D eigenvalue weighted by molar-refractivity contribution is 6.46. The van der Waals surface area contributed by atoms with Crippen molar-refractivity contribution in [1.82, 2.24) is 14.8 Å². The fraction of sp³-hybridized carbons (Fsp3) is 0.400. The summed E-state index contributed by atoms with van der Waals surface area (Å²) in [4.78, 5) is 34.2. The predicted octanol–water partition coefficient (Wildman–Crippen LogP) is 2.00. The van der Waals surface area contributed by atoms with Gasteiger partial charge in [-0.05, 0) is 42.3 Å². The summed E-state index contributed by atoms with van der Waals surface area (Å²) in [6.45, 7) is 5.18. The molecule has 0 spiro atoms. The zero-order valence-electron chi connectivity index (χ0n) is 18.8. The van der Waals surface area contributed by atoms with E-state index < -0.39 is 17.7 Å². The van der Waals surface area contributed by atoms with Crippen LogP contribution in [0.3, 0.4) is 0 Å². The second-order valence-electron chi connectivity index (χ2n) is 8.44. The Morgan fingerprint density at radius 2 is 1.71 bits per heavy atom. The molecule has 0 aliphatic carbocycles. The molecular weight excluding hydrogens is 438 g/mol. The third kappa shape index (κ3) is 4.36. The number of ketones is 1. The number of Topliss-reactive ketones (excluding diaryl/α,β-unsaturated/α-hetero) is 1. The van der Waals surface area contributed by atoms with Gasteiger partial charge in [-0.25, -0.2) is 0 Å². The number of likely N-dealkylation sites (tertiary alicyclic amines) is 1. The average molecular weight is 466 g/mol. The number of carbonyl (C=O) groups is 2. The van der Waals surface area contributed by atoms with Crippen LogP contribution in [0.25, 0.3) is 5.76 Å². The molecular formula is C25H27N3O6. The number of ether oxygens (including phenoxy) is 3. The van der Waals surface area contributed by atoms with E-state index in [1.807, 2.05) is 0 Å². The Labute approximate surface area is 197 Å². The Bertz CT molecular complexity index is 1100. The minimum atomic E-state index is -0.694. The lowest BCUT2D eigenvalue weighted by Gasteiger charge is -2.29. The molecule has 1 atom stereocenters. The molecule has 34 heavy (non-hydrogen) atoms. The highest BCUT2D eigenvalue weighted by atomic mass is 16.6. The van der Waals surface area contributed by atoms with Gasteiger partial charge in [0.1, 0.15) is 19.0 Å². The number of aliphatic hydroxyl groups is 1. The van der Waals surface area contributed by atoms with Crippen LogP contribution in [0, 0.1) is 0 Å². The van der Waals surface area contributed by atoms with E-state index in [-0.39, 0.29) is 11.3 Å². The van der Waals surface area contributed by atoms with Gasteiger partial charge in [0, 0.05) is 44.1 Å². The lowest BCUT2D eigenvalue weighted by molar-refractivity contribution is -0.140. The van der Waals surface area contributed by atoms with Crippen molar-refractivity contribution in [2.45, 2.75) is 12.5 Å². The lowest BCUT2D eigenvalue weighted by Crippen LogP contribution is -2.38. The summed E-state index contributed by atoms with van der Waals surface area (Å²) in [5, 5.41) is 11.2. The number of rotatable bonds is 6. The molecule has 178 valence electrons. The molecule has 0 unspecified atom stereocenters. The number of pyridine rings is 1. The van der Waals surface area contributed by atoms with Crippen LogP contribution in [0.1, 0.15) is 23.6 Å². The smallest absolute Gasteiger partial charge is 0.295 e. The highest BCUT2D eigenvalue weighted by Crippen LogP contribution is 2.41. The molecule has 9 heteroatoms. The van der Waals surface area contributed by atoms with E-state index in [1.165, 1.54) is 0 Å². The summed E-state index contributed by atoms with van der Waals surface area (Å²) in [6.07, 6.45) is 3.94. The lowest BCUT2D eigenvalue weighted by atomic mass is 9.95. The molecule has 5 rings (SSSR count). The van der Waals surface area contributed by atoms with Gasteiger partial charge in [-0.1, -0.05) is 0 Å². The molecule has 0 bridgehead atoms. The fourth-order valence-corrected chi connectivity index (χ4v) is 4.64. The first-order valence-electron chi connectivity index (χ1n) is 11.5. The number of nitrogens with zero attached hydrogens (tertiary/aromatic N) is 3. The summed E-state index contributed by atoms with van der Waals surface area (Å²) in [5.41, 5.74) is 1.19. The van der Waals surface area contributed by atoms with Crippen LogP contribution < -0.4 is 9.47 Å². The number of hydrogen-bond donors (Lipinski definition) is 1. The second kappa shape index (κ2) is 9.82. The van der Waals surface area contributed by atoms with Gasteiger partial charge in [-0.15, -0.1) is 0 Å². The first-order valence-corrected chi connectivity index (χ1v) is 11.5. The normalized spacial score (nSPS) is 22.2. The van der Waals surface area contributed by atoms with Crippen molar-refractivity contribution in [3.63, 3.8) is 0 Å². The molecule has 1 N–H and O–H groups in total. The Hall–Kier alpha value is -3.43. The van der Waals surface area contributed by atoms with Crippen LogP contribution in [0.4, 0.5) is 0 Å². The molecule has 2 saturated heterocycles. The maximum atomic E-state index is 13.2. The van der Waals surface area contributed by atoms with Gasteiger partial charge in [0.05, 0.1) is 24.8 Å². The first kappa shape index (κ1) is 22.4. The van der Waals surface area contributed by atoms with E-state index >= 15 is 0 Å². The van der Waals surface area contributed by atoms with Crippen molar-refractivity contribution >= 4 is 17.4 Å². The van der Waals surface area contributed by atoms with Gasteiger partial charge < -0.3 is 24.2 Å². The van der Waals surface area contributed by atoms with Crippen molar-refractivity contribution in [2.24, 2.45) is 0 Å². The van der Waals surface area contributed by atoms with Crippen LogP contribution >= 0.6 is 0 Å². The van der Waals surface area contributed by atoms with Gasteiger partial charge in [-0.3, -0.25) is 19.5 Å². The van der Waals surface area contributed by atoms with Crippen LogP contribution in [0.2, 0.25) is 0 Å². The molecule has 2 fully saturated rings. The molecule has 1 aromatic heterocycles. The summed E-state index contributed by atoms with van der Waals surface area (Å²) in [6, 6.07) is 7.84. The maximum Gasteiger partial charge on any atom is 0.295 e. The third-order valence-electron chi connectivity index (χ3n) is 6.35. The quantitative estimate of drug-likeness (QED) is 0.393. The number of amides is 1. The topological polar surface area (TPSA) is 101 Å². The number of aliphatic hydroxyl groups excluding tert-OH is 1. The molecule has 1 aromatic carbocycles. The van der Waals surface area contributed by atoms with E-state index in [9.17, 15) is 14.7 Å². The summed E-state index contributed by atoms with van der Waals surface area (Å²) in [7, 11) is 0. The number of morpholine rings is 1. The Morgan fingerprint density at radius 1 is 0.971 bits per heavy atom. The van der Waals surface area contributed by atoms with Gasteiger partial charge in [0.2, 0.25) is 0 Å². The fourth-order valence-electron chi connectivity index (χ4n) is 4.64. The molecule has 0 radical (unpaired) electrons. The van der Waals surface area contributed by atoms with E-state index in [1.54, 1.807) is 47.6 Å². The summed E-state index contributed by atoms with van der Waals surface area (Å²) < 4.78 is 16.6. The molecule has 4 heterocycles. The zero-order chi connectivity index (χ0) is 23.5. The average Bonchev–Trinajstić information content (AvgIpc) is 3.14. The third-order valence-corrected chi connectivity index (χ3v) is 6.35. The van der Waals surface area contributed by atoms with Crippen LogP contribution in [-0.4, -0.2) is 84.2 Å². The monoisotopic (exact) mass is 465 g/mol. The van der Waals surface area contributed by atoms with Gasteiger partial charge in [0.15, 0.2) is 11.5 Å². The van der Waals surface area contributed by atoms with Crippen LogP contribution in [0.5, 0.6) is 11.5 Å². The van der Waals surface area contributed by atoms with Gasteiger partial charge in [-0.2, -0.15) is 0 Å². The highest BCUT2D eigenvalue weighted by Gasteiger charge is 2.45. The molecule has 0 saturated carbocycles. The SMILES string of the molecule is O=C1C(=O)N(CCCN2CCOCC2)[C@H](c2ccncc2)/C1=C(\O)c1ccc2c(c1)OCCO2. The molecule has 9 nitrogen and oxygen atoms in total. The summed E-state index contributed by atoms with van der Waals surface area (Å²) >= 11 is 0. The number of aromatic nitrogens is 1. The van der Waals surface area contributed by atoms with Gasteiger partial charge >= 0.3 is 0 Å². The predicted molar refractivity (Wildman–Crippen MR) is 123 cm³/mol.